The molecule has 0 saturated carbocycles. The summed E-state index contributed by atoms with van der Waals surface area (Å²) in [5, 5.41) is 0. The fourth-order valence-corrected chi connectivity index (χ4v) is 4.75. The van der Waals surface area contributed by atoms with E-state index in [1.54, 1.807) is 0 Å². The van der Waals surface area contributed by atoms with E-state index in [0.717, 1.165) is 24.9 Å². The van der Waals surface area contributed by atoms with Crippen molar-refractivity contribution < 1.29 is 0 Å². The highest BCUT2D eigenvalue weighted by molar-refractivity contribution is 5.59. The van der Waals surface area contributed by atoms with Gasteiger partial charge in [0, 0.05) is 23.8 Å². The lowest BCUT2D eigenvalue weighted by molar-refractivity contribution is 0.107. The summed E-state index contributed by atoms with van der Waals surface area (Å²) in [6, 6.07) is 28.0. The van der Waals surface area contributed by atoms with E-state index in [9.17, 15) is 0 Å². The summed E-state index contributed by atoms with van der Waals surface area (Å²) in [7, 11) is 0. The largest absolute Gasteiger partial charge is 0.339 e. The summed E-state index contributed by atoms with van der Waals surface area (Å²) in [6.45, 7) is 0.730. The van der Waals surface area contributed by atoms with Gasteiger partial charge in [-0.15, -0.1) is 0 Å². The first kappa shape index (κ1) is 17.4. The number of nitrogens with zero attached hydrogens (tertiary/aromatic N) is 2. The zero-order valence-electron chi connectivity index (χ0n) is 15.9. The molecule has 2 unspecified atom stereocenters. The molecule has 0 saturated heterocycles. The van der Waals surface area contributed by atoms with Gasteiger partial charge >= 0.3 is 0 Å². The minimum Gasteiger partial charge on any atom is -0.339 e. The maximum absolute atomic E-state index is 6.86. The van der Waals surface area contributed by atoms with Crippen LogP contribution in [0, 0.1) is 0 Å². The first-order chi connectivity index (χ1) is 13.7. The molecule has 5 rings (SSSR count). The topological polar surface area (TPSA) is 58.5 Å². The van der Waals surface area contributed by atoms with Crippen molar-refractivity contribution in [1.82, 2.24) is 4.90 Å². The van der Waals surface area contributed by atoms with Crippen molar-refractivity contribution in [2.75, 3.05) is 4.90 Å². The molecule has 0 fully saturated rings. The first-order valence-electron chi connectivity index (χ1n) is 9.97. The van der Waals surface area contributed by atoms with E-state index in [4.69, 9.17) is 11.5 Å². The molecule has 3 aromatic rings. The molecule has 0 aromatic heterocycles. The number of rotatable bonds is 3. The average molecular weight is 371 g/mol. The van der Waals surface area contributed by atoms with Gasteiger partial charge in [0.2, 0.25) is 0 Å². The third-order valence-corrected chi connectivity index (χ3v) is 6.15. The van der Waals surface area contributed by atoms with Gasteiger partial charge in [-0.1, -0.05) is 72.8 Å². The summed E-state index contributed by atoms with van der Waals surface area (Å²) in [6.07, 6.45) is 1.56. The number of para-hydroxylation sites is 1. The number of anilines is 1. The second-order valence-electron chi connectivity index (χ2n) is 7.81. The summed E-state index contributed by atoms with van der Waals surface area (Å²) in [5.74, 6) is 0. The molecule has 4 heteroatoms. The van der Waals surface area contributed by atoms with Crippen LogP contribution in [0.3, 0.4) is 0 Å². The van der Waals surface area contributed by atoms with E-state index in [2.05, 4.69) is 82.6 Å². The smallest absolute Gasteiger partial charge is 0.136 e. The molecule has 2 aliphatic rings. The third-order valence-electron chi connectivity index (χ3n) is 6.15. The molecule has 0 bridgehead atoms. The van der Waals surface area contributed by atoms with Crippen molar-refractivity contribution in [2.24, 2.45) is 11.5 Å². The van der Waals surface area contributed by atoms with Gasteiger partial charge in [0.15, 0.2) is 0 Å². The number of fused-ring (bicyclic) bond motifs is 2. The molecule has 0 radical (unpaired) electrons. The Morgan fingerprint density at radius 2 is 1.36 bits per heavy atom. The maximum atomic E-state index is 6.86. The fraction of sp³-hybridized carbons (Fsp3) is 0.250. The Bertz CT molecular complexity index is 946. The van der Waals surface area contributed by atoms with Crippen LogP contribution in [0.2, 0.25) is 0 Å². The standard InChI is InChI=1S/C24H26N4/c25-23-21-12-6-7-13-22(21)28(20-14-18-10-4-5-11-19(18)15-20)24(26)27(23)16-17-8-2-1-3-9-17/h1-13,20,23-24H,14-16,25-26H2. The molecule has 4 nitrogen and oxygen atoms in total. The van der Waals surface area contributed by atoms with Crippen LogP contribution in [0.1, 0.15) is 28.4 Å². The Morgan fingerprint density at radius 1 is 0.750 bits per heavy atom. The van der Waals surface area contributed by atoms with Crippen molar-refractivity contribution in [1.29, 1.82) is 0 Å². The lowest BCUT2D eigenvalue weighted by Gasteiger charge is -2.49. The molecule has 3 aromatic carbocycles. The van der Waals surface area contributed by atoms with Crippen LogP contribution >= 0.6 is 0 Å². The second-order valence-corrected chi connectivity index (χ2v) is 7.81. The summed E-state index contributed by atoms with van der Waals surface area (Å²) in [5.41, 5.74) is 20.0. The first-order valence-corrected chi connectivity index (χ1v) is 9.97. The van der Waals surface area contributed by atoms with Crippen LogP contribution < -0.4 is 16.4 Å². The number of hydrogen-bond donors (Lipinski definition) is 2. The molecule has 2 atom stereocenters. The lowest BCUT2D eigenvalue weighted by atomic mass is 10.0. The van der Waals surface area contributed by atoms with Crippen molar-refractivity contribution in [2.45, 2.75) is 37.9 Å². The average Bonchev–Trinajstić information content (AvgIpc) is 3.16. The Hall–Kier alpha value is -2.66. The molecule has 142 valence electrons. The third kappa shape index (κ3) is 2.90. The molecule has 1 aliphatic carbocycles. The highest BCUT2D eigenvalue weighted by Gasteiger charge is 2.40. The van der Waals surface area contributed by atoms with E-state index >= 15 is 0 Å². The molecular formula is C24H26N4. The summed E-state index contributed by atoms with van der Waals surface area (Å²) in [4.78, 5) is 4.60. The number of benzene rings is 3. The monoisotopic (exact) mass is 370 g/mol. The van der Waals surface area contributed by atoms with Gasteiger partial charge in [-0.25, -0.2) is 4.90 Å². The van der Waals surface area contributed by atoms with E-state index in [-0.39, 0.29) is 12.5 Å². The van der Waals surface area contributed by atoms with Gasteiger partial charge in [-0.05, 0) is 35.6 Å². The Labute approximate surface area is 166 Å². The van der Waals surface area contributed by atoms with Crippen LogP contribution in [0.25, 0.3) is 0 Å². The van der Waals surface area contributed by atoms with Gasteiger partial charge in [0.05, 0.1) is 6.17 Å². The second kappa shape index (κ2) is 7.06. The normalized spacial score (nSPS) is 22.1. The predicted molar refractivity (Wildman–Crippen MR) is 113 cm³/mol. The Morgan fingerprint density at radius 3 is 2.07 bits per heavy atom. The lowest BCUT2D eigenvalue weighted by Crippen LogP contribution is -2.63. The highest BCUT2D eigenvalue weighted by Crippen LogP contribution is 2.39. The van der Waals surface area contributed by atoms with Crippen LogP contribution in [-0.2, 0) is 19.4 Å². The van der Waals surface area contributed by atoms with Crippen LogP contribution in [0.4, 0.5) is 5.69 Å². The van der Waals surface area contributed by atoms with Crippen molar-refractivity contribution in [3.05, 3.63) is 101 Å². The van der Waals surface area contributed by atoms with Gasteiger partial charge in [0.1, 0.15) is 6.29 Å². The quantitative estimate of drug-likeness (QED) is 0.742. The van der Waals surface area contributed by atoms with Crippen molar-refractivity contribution >= 4 is 5.69 Å². The Kier molecular flexibility index (Phi) is 4.40. The fourth-order valence-electron chi connectivity index (χ4n) is 4.75. The Balaban J connectivity index is 1.52. The molecule has 0 spiro atoms. The van der Waals surface area contributed by atoms with E-state index < -0.39 is 0 Å². The molecule has 28 heavy (non-hydrogen) atoms. The van der Waals surface area contributed by atoms with E-state index in [0.29, 0.717) is 6.04 Å². The SMILES string of the molecule is NC1c2ccccc2N(C2Cc3ccccc3C2)C(N)N1Cc1ccccc1. The summed E-state index contributed by atoms with van der Waals surface area (Å²) < 4.78 is 0. The molecule has 1 aliphatic heterocycles. The maximum Gasteiger partial charge on any atom is 0.136 e. The van der Waals surface area contributed by atoms with Crippen molar-refractivity contribution in [3.63, 3.8) is 0 Å². The van der Waals surface area contributed by atoms with E-state index in [1.807, 2.05) is 6.07 Å². The van der Waals surface area contributed by atoms with Crippen molar-refractivity contribution in [3.8, 4) is 0 Å². The van der Waals surface area contributed by atoms with Gasteiger partial charge in [0.25, 0.3) is 0 Å². The van der Waals surface area contributed by atoms with Gasteiger partial charge in [-0.3, -0.25) is 5.73 Å². The van der Waals surface area contributed by atoms with Gasteiger partial charge in [-0.2, -0.15) is 0 Å². The van der Waals surface area contributed by atoms with Crippen LogP contribution in [-0.4, -0.2) is 17.2 Å². The van der Waals surface area contributed by atoms with Crippen LogP contribution in [0.5, 0.6) is 0 Å². The molecule has 1 heterocycles. The van der Waals surface area contributed by atoms with E-state index in [1.165, 1.54) is 22.4 Å². The predicted octanol–water partition coefficient (Wildman–Crippen LogP) is 3.38. The summed E-state index contributed by atoms with van der Waals surface area (Å²) >= 11 is 0. The zero-order chi connectivity index (χ0) is 19.1. The minimum absolute atomic E-state index is 0.216. The van der Waals surface area contributed by atoms with Crippen LogP contribution in [0.15, 0.2) is 78.9 Å². The molecule has 4 N–H and O–H groups in total. The molecular weight excluding hydrogens is 344 g/mol. The molecule has 0 amide bonds. The number of nitrogens with two attached hydrogens (primary N) is 2. The zero-order valence-corrected chi connectivity index (χ0v) is 15.9. The minimum atomic E-state index is -0.260. The highest BCUT2D eigenvalue weighted by atomic mass is 15.5. The number of hydrogen-bond acceptors (Lipinski definition) is 4. The van der Waals surface area contributed by atoms with Gasteiger partial charge < -0.3 is 10.6 Å².